The molecule has 0 aliphatic carbocycles. The lowest BCUT2D eigenvalue weighted by atomic mass is 9.86. The number of hydrogen-bond acceptors (Lipinski definition) is 0. The first-order valence-electron chi connectivity index (χ1n) is 7.53. The molecule has 0 saturated carbocycles. The van der Waals surface area contributed by atoms with E-state index in [2.05, 4.69) is 31.9 Å². The van der Waals surface area contributed by atoms with Gasteiger partial charge in [0.1, 0.15) is 5.82 Å². The highest BCUT2D eigenvalue weighted by Crippen LogP contribution is 2.43. The van der Waals surface area contributed by atoms with Crippen LogP contribution in [0.2, 0.25) is 0 Å². The standard InChI is InChI=1S/C16H7BBr2F6N2/c18-13-3-1-11-15(8-5-9(16(21,22)23)7-10(20)6-8)12-2-4-14(19)27(12)17(24,25)26(11)13/h1-7H. The van der Waals surface area contributed by atoms with Gasteiger partial charge in [-0.25, -0.2) is 4.39 Å². The molecule has 0 fully saturated rings. The number of aromatic nitrogens is 1. The molecule has 0 saturated heterocycles. The fraction of sp³-hybridized carbons (Fsp3) is 0.0625. The van der Waals surface area contributed by atoms with Gasteiger partial charge in [-0.3, -0.25) is 0 Å². The van der Waals surface area contributed by atoms with E-state index in [9.17, 15) is 17.6 Å². The van der Waals surface area contributed by atoms with Gasteiger partial charge in [0.15, 0.2) is 5.70 Å². The number of rotatable bonds is 1. The quantitative estimate of drug-likeness (QED) is 0.339. The van der Waals surface area contributed by atoms with Crippen LogP contribution in [-0.4, -0.2) is 20.6 Å². The fourth-order valence-corrected chi connectivity index (χ4v) is 4.46. The number of allylic oxidation sites excluding steroid dienone is 2. The van der Waals surface area contributed by atoms with Crippen molar-refractivity contribution in [3.63, 3.8) is 0 Å². The number of fused-ring (bicyclic) bond motifs is 2. The van der Waals surface area contributed by atoms with Crippen LogP contribution in [0.4, 0.5) is 26.2 Å². The number of alkyl halides is 3. The molecule has 0 radical (unpaired) electrons. The van der Waals surface area contributed by atoms with Gasteiger partial charge in [-0.2, -0.15) is 13.2 Å². The SMILES string of the molecule is Fc1cc(C2=C3C=CC(Br)=[N+]3[B-](F)(F)n3c(Br)ccc32)cc(C(F)(F)F)c1. The van der Waals surface area contributed by atoms with Crippen molar-refractivity contribution in [2.45, 2.75) is 6.18 Å². The third-order valence-corrected chi connectivity index (χ3v) is 5.68. The summed E-state index contributed by atoms with van der Waals surface area (Å²) in [6.45, 7) is -4.30. The molecule has 1 aromatic carbocycles. The summed E-state index contributed by atoms with van der Waals surface area (Å²) in [4.78, 5) is 0. The summed E-state index contributed by atoms with van der Waals surface area (Å²) in [5.41, 5.74) is -1.29. The van der Waals surface area contributed by atoms with E-state index in [1.165, 1.54) is 24.3 Å². The minimum Gasteiger partial charge on any atom is -0.389 e. The molecule has 1 aromatic heterocycles. The molecule has 0 atom stereocenters. The van der Waals surface area contributed by atoms with E-state index in [-0.39, 0.29) is 31.8 Å². The Kier molecular flexibility index (Phi) is 4.05. The second-order valence-corrected chi connectivity index (χ2v) is 7.64. The number of benzene rings is 1. The van der Waals surface area contributed by atoms with Crippen LogP contribution in [0.15, 0.2) is 52.8 Å². The van der Waals surface area contributed by atoms with Crippen molar-refractivity contribution < 1.29 is 30.7 Å². The van der Waals surface area contributed by atoms with Gasteiger partial charge in [0.05, 0.1) is 15.7 Å². The lowest BCUT2D eigenvalue weighted by Gasteiger charge is -2.32. The van der Waals surface area contributed by atoms with Crippen LogP contribution in [0.1, 0.15) is 16.8 Å². The number of hydrogen-bond donors (Lipinski definition) is 0. The molecule has 0 bridgehead atoms. The minimum atomic E-state index is -4.77. The van der Waals surface area contributed by atoms with Crippen LogP contribution < -0.4 is 0 Å². The van der Waals surface area contributed by atoms with Crippen molar-refractivity contribution in [1.82, 2.24) is 4.48 Å². The Morgan fingerprint density at radius 3 is 2.37 bits per heavy atom. The van der Waals surface area contributed by atoms with Gasteiger partial charge in [-0.05, 0) is 51.8 Å². The zero-order chi connectivity index (χ0) is 19.7. The summed E-state index contributed by atoms with van der Waals surface area (Å²) >= 11 is 6.11. The molecule has 0 unspecified atom stereocenters. The smallest absolute Gasteiger partial charge is 0.389 e. The summed E-state index contributed by atoms with van der Waals surface area (Å²) in [6.07, 6.45) is -2.04. The maximum absolute atomic E-state index is 15.1. The molecule has 140 valence electrons. The number of halogens is 8. The molecular weight excluding hydrogens is 505 g/mol. The van der Waals surface area contributed by atoms with Gasteiger partial charge >= 0.3 is 13.1 Å². The molecular formula is C16H7BBr2F6N2. The van der Waals surface area contributed by atoms with Crippen LogP contribution in [0.3, 0.4) is 0 Å². The van der Waals surface area contributed by atoms with Crippen LogP contribution >= 0.6 is 31.9 Å². The molecule has 2 nitrogen and oxygen atoms in total. The first-order chi connectivity index (χ1) is 12.5. The predicted octanol–water partition coefficient (Wildman–Crippen LogP) is 5.78. The zero-order valence-corrected chi connectivity index (χ0v) is 16.2. The van der Waals surface area contributed by atoms with Crippen molar-refractivity contribution in [2.24, 2.45) is 0 Å². The highest BCUT2D eigenvalue weighted by molar-refractivity contribution is 9.18. The van der Waals surface area contributed by atoms with E-state index in [0.717, 1.165) is 12.1 Å². The Labute approximate surface area is 165 Å². The van der Waals surface area contributed by atoms with E-state index in [0.29, 0.717) is 15.0 Å². The van der Waals surface area contributed by atoms with Gasteiger partial charge in [-0.1, -0.05) is 0 Å². The molecule has 2 aromatic rings. The van der Waals surface area contributed by atoms with E-state index >= 15 is 8.63 Å². The Bertz CT molecular complexity index is 1080. The Morgan fingerprint density at radius 1 is 1.00 bits per heavy atom. The van der Waals surface area contributed by atoms with Gasteiger partial charge < -0.3 is 17.6 Å². The summed E-state index contributed by atoms with van der Waals surface area (Å²) in [7, 11) is 0. The van der Waals surface area contributed by atoms with Gasteiger partial charge in [-0.15, -0.1) is 0 Å². The molecule has 2 aliphatic rings. The molecule has 0 N–H and O–H groups in total. The maximum atomic E-state index is 15.1. The normalized spacial score (nSPS) is 18.2. The summed E-state index contributed by atoms with van der Waals surface area (Å²) < 4.78 is 85.0. The Hall–Kier alpha value is -1.75. The molecule has 4 rings (SSSR count). The van der Waals surface area contributed by atoms with Gasteiger partial charge in [0.25, 0.3) is 0 Å². The molecule has 3 heterocycles. The fourth-order valence-electron chi connectivity index (χ4n) is 3.33. The summed E-state index contributed by atoms with van der Waals surface area (Å²) in [5.74, 6) is -1.11. The maximum Gasteiger partial charge on any atom is 0.738 e. The third kappa shape index (κ3) is 2.74. The van der Waals surface area contributed by atoms with Gasteiger partial charge in [0, 0.05) is 33.8 Å². The van der Waals surface area contributed by atoms with Crippen molar-refractivity contribution in [1.29, 1.82) is 0 Å². The lowest BCUT2D eigenvalue weighted by Crippen LogP contribution is -2.50. The number of nitrogens with zero attached hydrogens (tertiary/aromatic N) is 2. The molecule has 2 aliphatic heterocycles. The van der Waals surface area contributed by atoms with Crippen LogP contribution in [0.25, 0.3) is 5.57 Å². The average molecular weight is 512 g/mol. The molecule has 0 spiro atoms. The Balaban J connectivity index is 2.08. The van der Waals surface area contributed by atoms with E-state index in [4.69, 9.17) is 0 Å². The van der Waals surface area contributed by atoms with E-state index in [1.54, 1.807) is 0 Å². The van der Waals surface area contributed by atoms with Gasteiger partial charge in [0.2, 0.25) is 4.62 Å². The second kappa shape index (κ2) is 5.87. The second-order valence-electron chi connectivity index (χ2n) is 6.01. The minimum absolute atomic E-state index is 0.0105. The van der Waals surface area contributed by atoms with Crippen LogP contribution in [-0.2, 0) is 6.18 Å². The van der Waals surface area contributed by atoms with Crippen molar-refractivity contribution in [3.8, 4) is 0 Å². The highest BCUT2D eigenvalue weighted by atomic mass is 79.9. The van der Waals surface area contributed by atoms with E-state index < -0.39 is 24.5 Å². The van der Waals surface area contributed by atoms with Crippen molar-refractivity contribution >= 4 is 49.0 Å². The molecule has 0 amide bonds. The third-order valence-electron chi connectivity index (χ3n) is 4.38. The summed E-state index contributed by atoms with van der Waals surface area (Å²) in [6, 6.07) is 4.76. The predicted molar refractivity (Wildman–Crippen MR) is 96.3 cm³/mol. The summed E-state index contributed by atoms with van der Waals surface area (Å²) in [5, 5.41) is 0. The monoisotopic (exact) mass is 510 g/mol. The Morgan fingerprint density at radius 2 is 1.70 bits per heavy atom. The van der Waals surface area contributed by atoms with Crippen LogP contribution in [0, 0.1) is 5.82 Å². The molecule has 11 heteroatoms. The largest absolute Gasteiger partial charge is 0.738 e. The first kappa shape index (κ1) is 18.6. The zero-order valence-electron chi connectivity index (χ0n) is 13.0. The van der Waals surface area contributed by atoms with E-state index in [1.807, 2.05) is 0 Å². The topological polar surface area (TPSA) is 7.94 Å². The molecule has 27 heavy (non-hydrogen) atoms. The lowest BCUT2D eigenvalue weighted by molar-refractivity contribution is -0.358. The average Bonchev–Trinajstić information content (AvgIpc) is 3.11. The van der Waals surface area contributed by atoms with Crippen molar-refractivity contribution in [3.05, 3.63) is 75.4 Å². The van der Waals surface area contributed by atoms with Crippen LogP contribution in [0.5, 0.6) is 0 Å². The van der Waals surface area contributed by atoms with Crippen molar-refractivity contribution in [2.75, 3.05) is 0 Å². The first-order valence-corrected chi connectivity index (χ1v) is 9.12. The highest BCUT2D eigenvalue weighted by Gasteiger charge is 2.54.